The standard InChI is InChI=1S/C25H23NO2/c27-23-11-5-10-22-20-8-4-9-21(20)24(26-25(22)23)18-12-14-19(15-13-18)28-16-17-6-2-1-3-7-17/h1-8,10-15,20-21,24,26-27H,9,16H2. The van der Waals surface area contributed by atoms with E-state index in [2.05, 4.69) is 47.8 Å². The van der Waals surface area contributed by atoms with E-state index in [0.717, 1.165) is 23.4 Å². The third-order valence-electron chi connectivity index (χ3n) is 5.86. The monoisotopic (exact) mass is 369 g/mol. The van der Waals surface area contributed by atoms with Crippen molar-refractivity contribution in [2.45, 2.75) is 25.0 Å². The molecule has 140 valence electrons. The summed E-state index contributed by atoms with van der Waals surface area (Å²) in [5.74, 6) is 2.00. The highest BCUT2D eigenvalue weighted by Crippen LogP contribution is 2.51. The molecule has 0 radical (unpaired) electrons. The molecule has 0 saturated carbocycles. The van der Waals surface area contributed by atoms with Gasteiger partial charge in [0.15, 0.2) is 0 Å². The number of allylic oxidation sites excluding steroid dienone is 2. The summed E-state index contributed by atoms with van der Waals surface area (Å²) >= 11 is 0. The SMILES string of the molecule is Oc1cccc2c1NC(c1ccc(OCc3ccccc3)cc1)C1CC=CC21. The first-order chi connectivity index (χ1) is 13.8. The van der Waals surface area contributed by atoms with Gasteiger partial charge in [0.05, 0.1) is 11.7 Å². The van der Waals surface area contributed by atoms with E-state index in [-0.39, 0.29) is 6.04 Å². The summed E-state index contributed by atoms with van der Waals surface area (Å²) in [6.07, 6.45) is 5.60. The zero-order valence-electron chi connectivity index (χ0n) is 15.6. The molecule has 3 nitrogen and oxygen atoms in total. The maximum absolute atomic E-state index is 10.4. The lowest BCUT2D eigenvalue weighted by molar-refractivity contribution is 0.306. The maximum atomic E-state index is 10.4. The van der Waals surface area contributed by atoms with Gasteiger partial charge >= 0.3 is 0 Å². The van der Waals surface area contributed by atoms with Crippen LogP contribution < -0.4 is 10.1 Å². The van der Waals surface area contributed by atoms with Crippen LogP contribution in [0.25, 0.3) is 0 Å². The molecule has 1 aliphatic heterocycles. The summed E-state index contributed by atoms with van der Waals surface area (Å²) in [6.45, 7) is 0.567. The summed E-state index contributed by atoms with van der Waals surface area (Å²) < 4.78 is 5.92. The first-order valence-corrected chi connectivity index (χ1v) is 9.81. The first kappa shape index (κ1) is 16.9. The molecule has 3 atom stereocenters. The van der Waals surface area contributed by atoms with Crippen LogP contribution in [-0.2, 0) is 6.61 Å². The number of phenols is 1. The Morgan fingerprint density at radius 1 is 0.929 bits per heavy atom. The fraction of sp³-hybridized carbons (Fsp3) is 0.200. The van der Waals surface area contributed by atoms with E-state index in [9.17, 15) is 5.11 Å². The molecule has 0 saturated heterocycles. The highest BCUT2D eigenvalue weighted by Gasteiger charge is 2.38. The number of phenolic OH excluding ortho intramolecular Hbond substituents is 1. The van der Waals surface area contributed by atoms with Crippen molar-refractivity contribution < 1.29 is 9.84 Å². The molecule has 0 amide bonds. The zero-order chi connectivity index (χ0) is 18.9. The molecule has 3 heteroatoms. The minimum Gasteiger partial charge on any atom is -0.506 e. The van der Waals surface area contributed by atoms with Crippen molar-refractivity contribution in [2.75, 3.05) is 5.32 Å². The van der Waals surface area contributed by atoms with Crippen LogP contribution in [0.4, 0.5) is 5.69 Å². The number of aromatic hydroxyl groups is 1. The number of nitrogens with one attached hydrogen (secondary N) is 1. The van der Waals surface area contributed by atoms with Gasteiger partial charge < -0.3 is 15.2 Å². The van der Waals surface area contributed by atoms with Crippen LogP contribution in [0.15, 0.2) is 84.9 Å². The Hall–Kier alpha value is -3.20. The van der Waals surface area contributed by atoms with Crippen molar-refractivity contribution in [3.8, 4) is 11.5 Å². The van der Waals surface area contributed by atoms with Crippen LogP contribution in [0.2, 0.25) is 0 Å². The number of rotatable bonds is 4. The Morgan fingerprint density at radius 3 is 2.57 bits per heavy atom. The number of benzene rings is 3. The predicted octanol–water partition coefficient (Wildman–Crippen LogP) is 5.80. The molecule has 0 aromatic heterocycles. The molecule has 5 rings (SSSR count). The van der Waals surface area contributed by atoms with Gasteiger partial charge in [0, 0.05) is 5.92 Å². The van der Waals surface area contributed by atoms with Gasteiger partial charge in [-0.2, -0.15) is 0 Å². The average Bonchev–Trinajstić information content (AvgIpc) is 3.24. The molecule has 2 N–H and O–H groups in total. The largest absolute Gasteiger partial charge is 0.506 e. The van der Waals surface area contributed by atoms with E-state index >= 15 is 0 Å². The summed E-state index contributed by atoms with van der Waals surface area (Å²) in [7, 11) is 0. The third-order valence-corrected chi connectivity index (χ3v) is 5.86. The number of fused-ring (bicyclic) bond motifs is 3. The van der Waals surface area contributed by atoms with Crippen molar-refractivity contribution >= 4 is 5.69 Å². The van der Waals surface area contributed by atoms with E-state index in [4.69, 9.17) is 4.74 Å². The second kappa shape index (κ2) is 7.08. The number of para-hydroxylation sites is 1. The normalized spacial score (nSPS) is 22.2. The Bertz CT molecular complexity index is 995. The van der Waals surface area contributed by atoms with Crippen LogP contribution >= 0.6 is 0 Å². The lowest BCUT2D eigenvalue weighted by atomic mass is 9.77. The summed E-state index contributed by atoms with van der Waals surface area (Å²) in [5, 5.41) is 14.0. The van der Waals surface area contributed by atoms with Gasteiger partial charge in [-0.25, -0.2) is 0 Å². The lowest BCUT2D eigenvalue weighted by Crippen LogP contribution is -2.29. The average molecular weight is 369 g/mol. The topological polar surface area (TPSA) is 41.5 Å². The van der Waals surface area contributed by atoms with Gasteiger partial charge in [-0.3, -0.25) is 0 Å². The number of hydrogen-bond donors (Lipinski definition) is 2. The number of hydrogen-bond acceptors (Lipinski definition) is 3. The molecule has 2 aliphatic rings. The molecule has 28 heavy (non-hydrogen) atoms. The molecular formula is C25H23NO2. The van der Waals surface area contributed by atoms with Crippen molar-refractivity contribution in [1.82, 2.24) is 0 Å². The van der Waals surface area contributed by atoms with Crippen LogP contribution in [0, 0.1) is 5.92 Å². The Morgan fingerprint density at radius 2 is 1.75 bits per heavy atom. The second-order valence-corrected chi connectivity index (χ2v) is 7.56. The van der Waals surface area contributed by atoms with Gasteiger partial charge in [0.2, 0.25) is 0 Å². The molecule has 0 fully saturated rings. The Balaban J connectivity index is 1.37. The number of anilines is 1. The van der Waals surface area contributed by atoms with Crippen molar-refractivity contribution in [3.05, 3.63) is 102 Å². The van der Waals surface area contributed by atoms with E-state index in [1.54, 1.807) is 6.07 Å². The summed E-state index contributed by atoms with van der Waals surface area (Å²) in [5.41, 5.74) is 4.44. The number of ether oxygens (including phenoxy) is 1. The molecule has 0 bridgehead atoms. The quantitative estimate of drug-likeness (QED) is 0.451. The van der Waals surface area contributed by atoms with Crippen molar-refractivity contribution in [3.63, 3.8) is 0 Å². The van der Waals surface area contributed by atoms with E-state index < -0.39 is 0 Å². The van der Waals surface area contributed by atoms with Crippen LogP contribution in [0.1, 0.15) is 35.1 Å². The molecule has 3 aromatic carbocycles. The first-order valence-electron chi connectivity index (χ1n) is 9.81. The fourth-order valence-corrected chi connectivity index (χ4v) is 4.45. The molecular weight excluding hydrogens is 346 g/mol. The van der Waals surface area contributed by atoms with Crippen molar-refractivity contribution in [2.24, 2.45) is 5.92 Å². The molecule has 1 heterocycles. The molecule has 0 spiro atoms. The molecule has 3 unspecified atom stereocenters. The highest BCUT2D eigenvalue weighted by molar-refractivity contribution is 5.67. The van der Waals surface area contributed by atoms with E-state index in [1.165, 1.54) is 11.1 Å². The Labute approximate surface area is 165 Å². The zero-order valence-corrected chi connectivity index (χ0v) is 15.6. The Kier molecular flexibility index (Phi) is 4.28. The summed E-state index contributed by atoms with van der Waals surface area (Å²) in [4.78, 5) is 0. The third kappa shape index (κ3) is 3.03. The fourth-order valence-electron chi connectivity index (χ4n) is 4.45. The van der Waals surface area contributed by atoms with Crippen LogP contribution in [-0.4, -0.2) is 5.11 Å². The predicted molar refractivity (Wildman–Crippen MR) is 112 cm³/mol. The van der Waals surface area contributed by atoms with Gasteiger partial charge in [-0.05, 0) is 47.2 Å². The minimum atomic E-state index is 0.170. The van der Waals surface area contributed by atoms with Gasteiger partial charge in [0.1, 0.15) is 18.1 Å². The van der Waals surface area contributed by atoms with Gasteiger partial charge in [0.25, 0.3) is 0 Å². The molecule has 1 aliphatic carbocycles. The highest BCUT2D eigenvalue weighted by atomic mass is 16.5. The van der Waals surface area contributed by atoms with E-state index in [1.807, 2.05) is 36.4 Å². The lowest BCUT2D eigenvalue weighted by Gasteiger charge is -2.37. The summed E-state index contributed by atoms with van der Waals surface area (Å²) in [6, 6.07) is 24.5. The van der Waals surface area contributed by atoms with Crippen LogP contribution in [0.5, 0.6) is 11.5 Å². The van der Waals surface area contributed by atoms with Crippen molar-refractivity contribution in [1.29, 1.82) is 0 Å². The molecule has 3 aromatic rings. The van der Waals surface area contributed by atoms with Gasteiger partial charge in [-0.15, -0.1) is 0 Å². The van der Waals surface area contributed by atoms with Gasteiger partial charge in [-0.1, -0.05) is 66.7 Å². The van der Waals surface area contributed by atoms with Crippen LogP contribution in [0.3, 0.4) is 0 Å². The smallest absolute Gasteiger partial charge is 0.138 e. The minimum absolute atomic E-state index is 0.170. The van der Waals surface area contributed by atoms with E-state index in [0.29, 0.717) is 24.2 Å². The second-order valence-electron chi connectivity index (χ2n) is 7.56. The maximum Gasteiger partial charge on any atom is 0.138 e.